The van der Waals surface area contributed by atoms with E-state index in [4.69, 9.17) is 4.74 Å². The fourth-order valence-corrected chi connectivity index (χ4v) is 2.04. The Bertz CT molecular complexity index is 478. The fourth-order valence-electron chi connectivity index (χ4n) is 2.04. The van der Waals surface area contributed by atoms with E-state index in [-0.39, 0.29) is 6.09 Å². The van der Waals surface area contributed by atoms with Crippen molar-refractivity contribution in [1.82, 2.24) is 15.3 Å². The highest BCUT2D eigenvalue weighted by Crippen LogP contribution is 2.22. The molecule has 2 rings (SSSR count). The number of rotatable bonds is 3. The Kier molecular flexibility index (Phi) is 4.11. The number of nitrogens with one attached hydrogen (secondary N) is 1. The molecule has 0 saturated carbocycles. The van der Waals surface area contributed by atoms with Gasteiger partial charge in [-0.2, -0.15) is 0 Å². The van der Waals surface area contributed by atoms with Crippen LogP contribution in [0, 0.1) is 12.8 Å². The molecule has 1 fully saturated rings. The van der Waals surface area contributed by atoms with Crippen LogP contribution in [-0.2, 0) is 4.74 Å². The summed E-state index contributed by atoms with van der Waals surface area (Å²) in [6.45, 7) is 9.94. The Hall–Kier alpha value is -1.85. The highest BCUT2D eigenvalue weighted by atomic mass is 16.6. The van der Waals surface area contributed by atoms with Gasteiger partial charge in [0, 0.05) is 37.3 Å². The van der Waals surface area contributed by atoms with Crippen molar-refractivity contribution in [3.05, 3.63) is 18.1 Å². The minimum absolute atomic E-state index is 0.353. The molecule has 0 bridgehead atoms. The lowest BCUT2D eigenvalue weighted by Gasteiger charge is -2.40. The summed E-state index contributed by atoms with van der Waals surface area (Å²) in [5, 5.41) is 2.80. The van der Waals surface area contributed by atoms with E-state index in [1.165, 1.54) is 0 Å². The number of amides is 1. The van der Waals surface area contributed by atoms with E-state index in [0.717, 1.165) is 24.6 Å². The highest BCUT2D eigenvalue weighted by Gasteiger charge is 2.28. The van der Waals surface area contributed by atoms with Gasteiger partial charge in [0.15, 0.2) is 0 Å². The predicted octanol–water partition coefficient (Wildman–Crippen LogP) is 1.75. The molecule has 0 spiro atoms. The highest BCUT2D eigenvalue weighted by molar-refractivity contribution is 5.67. The molecule has 1 saturated heterocycles. The molecule has 0 aromatic carbocycles. The summed E-state index contributed by atoms with van der Waals surface area (Å²) >= 11 is 0. The number of carbonyl (C=O) groups excluding carboxylic acids is 1. The van der Waals surface area contributed by atoms with Gasteiger partial charge < -0.3 is 15.0 Å². The molecule has 1 aliphatic rings. The summed E-state index contributed by atoms with van der Waals surface area (Å²) in [4.78, 5) is 22.0. The van der Waals surface area contributed by atoms with Crippen LogP contribution in [0.4, 0.5) is 10.6 Å². The van der Waals surface area contributed by atoms with Gasteiger partial charge in [0.05, 0.1) is 0 Å². The van der Waals surface area contributed by atoms with Crippen LogP contribution in [0.2, 0.25) is 0 Å². The van der Waals surface area contributed by atoms with Crippen molar-refractivity contribution < 1.29 is 9.53 Å². The molecule has 0 aliphatic carbocycles. The van der Waals surface area contributed by atoms with Crippen LogP contribution < -0.4 is 10.2 Å². The summed E-state index contributed by atoms with van der Waals surface area (Å²) in [7, 11) is 0. The first-order chi connectivity index (χ1) is 9.33. The van der Waals surface area contributed by atoms with Crippen molar-refractivity contribution in [3.8, 4) is 0 Å². The van der Waals surface area contributed by atoms with Gasteiger partial charge in [0.2, 0.25) is 0 Å². The Morgan fingerprint density at radius 2 is 2.15 bits per heavy atom. The smallest absolute Gasteiger partial charge is 0.407 e. The molecule has 1 aliphatic heterocycles. The molecule has 20 heavy (non-hydrogen) atoms. The molecule has 0 atom stereocenters. The van der Waals surface area contributed by atoms with Crippen LogP contribution in [0.5, 0.6) is 0 Å². The molecule has 1 aromatic rings. The van der Waals surface area contributed by atoms with Crippen molar-refractivity contribution in [2.75, 3.05) is 24.5 Å². The molecule has 1 aromatic heterocycles. The zero-order valence-electron chi connectivity index (χ0n) is 12.5. The first-order valence-corrected chi connectivity index (χ1v) is 6.84. The average Bonchev–Trinajstić information content (AvgIpc) is 2.24. The molecule has 110 valence electrons. The van der Waals surface area contributed by atoms with E-state index in [1.807, 2.05) is 33.8 Å². The van der Waals surface area contributed by atoms with E-state index in [0.29, 0.717) is 12.5 Å². The summed E-state index contributed by atoms with van der Waals surface area (Å²) in [5.41, 5.74) is 0.513. The number of alkyl carbamates (subject to hydrolysis) is 1. The zero-order valence-corrected chi connectivity index (χ0v) is 12.5. The Morgan fingerprint density at radius 1 is 1.45 bits per heavy atom. The van der Waals surface area contributed by atoms with Gasteiger partial charge in [-0.3, -0.25) is 0 Å². The first kappa shape index (κ1) is 14.6. The summed E-state index contributed by atoms with van der Waals surface area (Å²) < 4.78 is 5.20. The zero-order chi connectivity index (χ0) is 14.8. The van der Waals surface area contributed by atoms with Crippen molar-refractivity contribution in [2.24, 2.45) is 5.92 Å². The first-order valence-electron chi connectivity index (χ1n) is 6.84. The number of ether oxygens (including phenoxy) is 1. The molecule has 1 amide bonds. The Labute approximate surface area is 119 Å². The quantitative estimate of drug-likeness (QED) is 0.912. The lowest BCUT2D eigenvalue weighted by atomic mass is 10.0. The Morgan fingerprint density at radius 3 is 2.75 bits per heavy atom. The van der Waals surface area contributed by atoms with E-state index >= 15 is 0 Å². The number of aromatic nitrogens is 2. The minimum Gasteiger partial charge on any atom is -0.444 e. The van der Waals surface area contributed by atoms with Crippen LogP contribution in [0.1, 0.15) is 26.5 Å². The van der Waals surface area contributed by atoms with E-state index < -0.39 is 5.60 Å². The molecule has 0 radical (unpaired) electrons. The van der Waals surface area contributed by atoms with Gasteiger partial charge in [-0.15, -0.1) is 0 Å². The number of carbonyl (C=O) groups is 1. The second-order valence-electron chi connectivity index (χ2n) is 6.17. The van der Waals surface area contributed by atoms with Gasteiger partial charge in [-0.05, 0) is 27.7 Å². The summed E-state index contributed by atoms with van der Waals surface area (Å²) in [6, 6.07) is 1.97. The predicted molar refractivity (Wildman–Crippen MR) is 76.7 cm³/mol. The van der Waals surface area contributed by atoms with Crippen LogP contribution >= 0.6 is 0 Å². The monoisotopic (exact) mass is 278 g/mol. The maximum absolute atomic E-state index is 11.5. The minimum atomic E-state index is -0.450. The van der Waals surface area contributed by atoms with Crippen molar-refractivity contribution in [1.29, 1.82) is 0 Å². The Balaban J connectivity index is 1.71. The maximum atomic E-state index is 11.5. The third-order valence-electron chi connectivity index (χ3n) is 3.00. The fraction of sp³-hybridized carbons (Fsp3) is 0.643. The lowest BCUT2D eigenvalue weighted by Crippen LogP contribution is -2.52. The molecule has 2 heterocycles. The third-order valence-corrected chi connectivity index (χ3v) is 3.00. The van der Waals surface area contributed by atoms with Gasteiger partial charge in [-0.25, -0.2) is 14.8 Å². The molecule has 6 heteroatoms. The summed E-state index contributed by atoms with van der Waals surface area (Å²) in [5.74, 6) is 1.39. The van der Waals surface area contributed by atoms with E-state index in [9.17, 15) is 4.79 Å². The van der Waals surface area contributed by atoms with Crippen molar-refractivity contribution in [2.45, 2.75) is 33.3 Å². The van der Waals surface area contributed by atoms with Crippen molar-refractivity contribution >= 4 is 11.9 Å². The molecule has 1 N–H and O–H groups in total. The van der Waals surface area contributed by atoms with Gasteiger partial charge in [-0.1, -0.05) is 0 Å². The molecule has 6 nitrogen and oxygen atoms in total. The number of hydrogen-bond acceptors (Lipinski definition) is 5. The van der Waals surface area contributed by atoms with Crippen LogP contribution in [-0.4, -0.2) is 41.3 Å². The van der Waals surface area contributed by atoms with Crippen LogP contribution in [0.15, 0.2) is 12.4 Å². The standard InChI is InChI=1S/C14H22N4O2/c1-10-5-12(17-9-16-10)18-7-11(8-18)6-15-13(19)20-14(2,3)4/h5,9,11H,6-8H2,1-4H3,(H,15,19). The topological polar surface area (TPSA) is 67.4 Å². The van der Waals surface area contributed by atoms with E-state index in [2.05, 4.69) is 20.2 Å². The number of hydrogen-bond donors (Lipinski definition) is 1. The average molecular weight is 278 g/mol. The lowest BCUT2D eigenvalue weighted by molar-refractivity contribution is 0.0516. The van der Waals surface area contributed by atoms with Gasteiger partial charge in [0.1, 0.15) is 17.7 Å². The number of aryl methyl sites for hydroxylation is 1. The van der Waals surface area contributed by atoms with Crippen molar-refractivity contribution in [3.63, 3.8) is 0 Å². The normalized spacial score (nSPS) is 15.7. The maximum Gasteiger partial charge on any atom is 0.407 e. The number of nitrogens with zero attached hydrogens (tertiary/aromatic N) is 3. The van der Waals surface area contributed by atoms with Gasteiger partial charge >= 0.3 is 6.09 Å². The SMILES string of the molecule is Cc1cc(N2CC(CNC(=O)OC(C)(C)C)C2)ncn1. The second kappa shape index (κ2) is 5.64. The third kappa shape index (κ3) is 4.08. The van der Waals surface area contributed by atoms with E-state index in [1.54, 1.807) is 6.33 Å². The summed E-state index contributed by atoms with van der Waals surface area (Å²) in [6.07, 6.45) is 1.23. The molecular formula is C14H22N4O2. The van der Waals surface area contributed by atoms with Crippen LogP contribution in [0.3, 0.4) is 0 Å². The molecular weight excluding hydrogens is 256 g/mol. The largest absolute Gasteiger partial charge is 0.444 e. The molecule has 0 unspecified atom stereocenters. The number of anilines is 1. The van der Waals surface area contributed by atoms with Crippen LogP contribution in [0.25, 0.3) is 0 Å². The van der Waals surface area contributed by atoms with Gasteiger partial charge in [0.25, 0.3) is 0 Å². The second-order valence-corrected chi connectivity index (χ2v) is 6.17.